The predicted molar refractivity (Wildman–Crippen MR) is 24.0 cm³/mol. The van der Waals surface area contributed by atoms with Crippen molar-refractivity contribution in [1.82, 2.24) is 0 Å². The molecule has 0 spiro atoms. The molecule has 0 aliphatic rings. The summed E-state index contributed by atoms with van der Waals surface area (Å²) in [6.45, 7) is 0. The Morgan fingerprint density at radius 1 is 0.909 bits per heavy atom. The fourth-order valence-electron chi connectivity index (χ4n) is 0.109. The molecule has 0 amide bonds. The van der Waals surface area contributed by atoms with Crippen molar-refractivity contribution in [2.45, 2.75) is 0 Å². The van der Waals surface area contributed by atoms with Crippen molar-refractivity contribution in [2.75, 3.05) is 0 Å². The molecule has 64 valence electrons. The third-order valence-corrected chi connectivity index (χ3v) is 2.92. The normalized spacial score (nSPS) is 11.1. The third kappa shape index (κ3) is 19.2. The molecular formula is H5Cr2KO7Pb. The maximum absolute atomic E-state index is 9.53. The summed E-state index contributed by atoms with van der Waals surface area (Å²) in [7, 11) is 0. The molecule has 2 N–H and O–H groups in total. The fraction of sp³-hybridized carbons (Fsp3) is 0. The minimum atomic E-state index is -5.76. The average Bonchev–Trinajstić information content (AvgIpc) is 1.14. The van der Waals surface area contributed by atoms with Crippen LogP contribution < -0.4 is 0 Å². The van der Waals surface area contributed by atoms with Gasteiger partial charge in [0.15, 0.2) is 0 Å². The van der Waals surface area contributed by atoms with Crippen LogP contribution in [-0.4, -0.2) is 87.0 Å². The average molecular weight is 467 g/mol. The summed E-state index contributed by atoms with van der Waals surface area (Å²) < 4.78 is 56.3. The number of hydrogen-bond acceptors (Lipinski definition) is 5. The zero-order valence-corrected chi connectivity index (χ0v) is 12.5. The van der Waals surface area contributed by atoms with Crippen LogP contribution in [0.1, 0.15) is 0 Å². The molecule has 0 rings (SSSR count). The summed E-state index contributed by atoms with van der Waals surface area (Å²) in [4.78, 5) is 0. The molecule has 11 heavy (non-hydrogen) atoms. The van der Waals surface area contributed by atoms with Crippen LogP contribution >= 0.6 is 0 Å². The first kappa shape index (κ1) is 19.3. The summed E-state index contributed by atoms with van der Waals surface area (Å²) in [6, 6.07) is 0. The van der Waals surface area contributed by atoms with E-state index in [-0.39, 0.29) is 78.7 Å². The molecular weight excluding hydrogens is 462 g/mol. The van der Waals surface area contributed by atoms with Crippen LogP contribution in [0.5, 0.6) is 0 Å². The molecule has 0 heterocycles. The minimum absolute atomic E-state index is 0. The van der Waals surface area contributed by atoms with Crippen LogP contribution in [0.2, 0.25) is 0 Å². The van der Waals surface area contributed by atoms with E-state index in [1.165, 1.54) is 0 Å². The van der Waals surface area contributed by atoms with Gasteiger partial charge in [0.1, 0.15) is 0 Å². The van der Waals surface area contributed by atoms with Gasteiger partial charge in [-0.25, -0.2) is 0 Å². The molecule has 0 aromatic heterocycles. The Hall–Kier alpha value is 2.70. The van der Waals surface area contributed by atoms with Crippen LogP contribution in [0, 0.1) is 0 Å². The molecule has 0 saturated carbocycles. The molecule has 11 heteroatoms. The predicted octanol–water partition coefficient (Wildman–Crippen LogP) is -3.23. The van der Waals surface area contributed by atoms with Gasteiger partial charge < -0.3 is 0 Å². The van der Waals surface area contributed by atoms with Gasteiger partial charge in [0.05, 0.1) is 0 Å². The van der Waals surface area contributed by atoms with Gasteiger partial charge in [-0.15, -0.1) is 0 Å². The quantitative estimate of drug-likeness (QED) is 0.410. The van der Waals surface area contributed by atoms with Gasteiger partial charge >= 0.3 is 132 Å². The summed E-state index contributed by atoms with van der Waals surface area (Å²) in [5, 5.41) is 0. The Balaban J connectivity index is -0.000000320. The summed E-state index contributed by atoms with van der Waals surface area (Å²) in [5.74, 6) is 0. The van der Waals surface area contributed by atoms with Crippen molar-refractivity contribution in [2.24, 2.45) is 0 Å². The van der Waals surface area contributed by atoms with E-state index >= 15 is 0 Å². The summed E-state index contributed by atoms with van der Waals surface area (Å²) in [5.41, 5.74) is 0. The van der Waals surface area contributed by atoms with Crippen molar-refractivity contribution in [1.29, 1.82) is 0 Å². The van der Waals surface area contributed by atoms with Gasteiger partial charge in [-0.3, -0.25) is 0 Å². The van der Waals surface area contributed by atoms with E-state index in [0.717, 1.165) is 0 Å². The molecule has 0 unspecified atom stereocenters. The summed E-state index contributed by atoms with van der Waals surface area (Å²) >= 11 is -11.5. The van der Waals surface area contributed by atoms with Gasteiger partial charge in [-0.2, -0.15) is 0 Å². The molecule has 0 aliphatic carbocycles. The monoisotopic (exact) mass is 468 g/mol. The molecule has 0 bridgehead atoms. The first-order chi connectivity index (χ1) is 3.71. The zero-order valence-electron chi connectivity index (χ0n) is 4.46. The number of rotatable bonds is 2. The van der Waals surface area contributed by atoms with E-state index in [1.54, 1.807) is 0 Å². The van der Waals surface area contributed by atoms with Gasteiger partial charge in [0.25, 0.3) is 0 Å². The molecule has 0 aliphatic heterocycles. The first-order valence-corrected chi connectivity index (χ1v) is 5.63. The third-order valence-electron chi connectivity index (χ3n) is 0.172. The fourth-order valence-corrected chi connectivity index (χ4v) is 1.85. The van der Waals surface area contributed by atoms with E-state index in [4.69, 9.17) is 8.32 Å². The molecule has 0 saturated heterocycles. The second kappa shape index (κ2) is 7.06. The number of hydrogen-bond donors (Lipinski definition) is 2. The first-order valence-electron chi connectivity index (χ1n) is 1.37. The zero-order chi connectivity index (χ0) is 7.71. The Morgan fingerprint density at radius 3 is 1.09 bits per heavy atom. The standard InChI is InChI=1S/2Cr.K.2H2O.5O.Pb.3H/h;;;2*1H2;;;;;;;;;/q2*+1;;;;;;;;;;;;/p-2. The van der Waals surface area contributed by atoms with E-state index in [1.807, 2.05) is 0 Å². The van der Waals surface area contributed by atoms with Crippen molar-refractivity contribution in [3.63, 3.8) is 0 Å². The van der Waals surface area contributed by atoms with E-state index in [0.29, 0.717) is 0 Å². The molecule has 0 aromatic carbocycles. The van der Waals surface area contributed by atoms with Crippen molar-refractivity contribution >= 4 is 78.7 Å². The Kier molecular flexibility index (Phi) is 12.4. The van der Waals surface area contributed by atoms with Crippen LogP contribution in [0.15, 0.2) is 0 Å². The van der Waals surface area contributed by atoms with E-state index in [9.17, 15) is 15.2 Å². The maximum atomic E-state index is 9.53. The Morgan fingerprint density at radius 2 is 1.09 bits per heavy atom. The van der Waals surface area contributed by atoms with E-state index < -0.39 is 27.2 Å². The van der Waals surface area contributed by atoms with Crippen LogP contribution in [-0.2, 0) is 45.3 Å². The van der Waals surface area contributed by atoms with Gasteiger partial charge in [-0.05, 0) is 0 Å². The molecule has 0 aromatic rings. The molecule has 0 atom stereocenters. The van der Waals surface area contributed by atoms with Crippen molar-refractivity contribution in [3.05, 3.63) is 0 Å². The summed E-state index contributed by atoms with van der Waals surface area (Å²) in [6.07, 6.45) is 0. The molecule has 2 radical (unpaired) electrons. The van der Waals surface area contributed by atoms with Gasteiger partial charge in [0, 0.05) is 0 Å². The second-order valence-electron chi connectivity index (χ2n) is 0.924. The van der Waals surface area contributed by atoms with Gasteiger partial charge in [-0.1, -0.05) is 0 Å². The van der Waals surface area contributed by atoms with Crippen molar-refractivity contribution < 1.29 is 53.6 Å². The van der Waals surface area contributed by atoms with Crippen LogP contribution in [0.3, 0.4) is 0 Å². The van der Waals surface area contributed by atoms with Crippen LogP contribution in [0.4, 0.5) is 0 Å². The van der Waals surface area contributed by atoms with Gasteiger partial charge in [0.2, 0.25) is 0 Å². The molecule has 0 fully saturated rings. The topological polar surface area (TPSA) is 118 Å². The van der Waals surface area contributed by atoms with E-state index in [2.05, 4.69) is 2.84 Å². The van der Waals surface area contributed by atoms with Crippen molar-refractivity contribution in [3.8, 4) is 0 Å². The second-order valence-corrected chi connectivity index (χ2v) is 4.68. The van der Waals surface area contributed by atoms with Crippen LogP contribution in [0.25, 0.3) is 0 Å². The SMILES string of the molecule is [KH].[O]=[Cr](=[O])([OH])[O][Cr](=[O])(=[O])[OH].[PbH2]. The Bertz CT molecular complexity index is 242. The molecule has 7 nitrogen and oxygen atoms in total. The Labute approximate surface area is 129 Å².